The van der Waals surface area contributed by atoms with Crippen molar-refractivity contribution in [2.45, 2.75) is 19.5 Å². The molecule has 7 heteroatoms. The number of carbonyl (C=O) groups is 1. The first kappa shape index (κ1) is 18.1. The SMILES string of the molecule is Cc1ccc(Cl)cc1NCCC(=O)Nc1ccccc1C(F)(F)F. The van der Waals surface area contributed by atoms with Crippen LogP contribution in [0.2, 0.25) is 5.02 Å². The molecule has 0 saturated heterocycles. The van der Waals surface area contributed by atoms with E-state index < -0.39 is 17.6 Å². The molecule has 3 nitrogen and oxygen atoms in total. The highest BCUT2D eigenvalue weighted by atomic mass is 35.5. The normalized spacial score (nSPS) is 11.2. The van der Waals surface area contributed by atoms with Crippen molar-refractivity contribution in [3.05, 3.63) is 58.6 Å². The summed E-state index contributed by atoms with van der Waals surface area (Å²) in [7, 11) is 0. The van der Waals surface area contributed by atoms with Crippen molar-refractivity contribution in [1.29, 1.82) is 0 Å². The molecule has 128 valence electrons. The summed E-state index contributed by atoms with van der Waals surface area (Å²) in [6.07, 6.45) is -4.49. The zero-order valence-electron chi connectivity index (χ0n) is 12.9. The topological polar surface area (TPSA) is 41.1 Å². The van der Waals surface area contributed by atoms with E-state index in [0.717, 1.165) is 17.3 Å². The summed E-state index contributed by atoms with van der Waals surface area (Å²) in [5.74, 6) is -0.501. The largest absolute Gasteiger partial charge is 0.418 e. The molecule has 2 aromatic carbocycles. The standard InChI is InChI=1S/C17H16ClF3N2O/c1-11-6-7-12(18)10-15(11)22-9-8-16(24)23-14-5-3-2-4-13(14)17(19,20)21/h2-7,10,22H,8-9H2,1H3,(H,23,24). The van der Waals surface area contributed by atoms with E-state index in [2.05, 4.69) is 10.6 Å². The Morgan fingerprint density at radius 1 is 1.12 bits per heavy atom. The molecule has 0 bridgehead atoms. The second-order valence-electron chi connectivity index (χ2n) is 5.23. The predicted molar refractivity (Wildman–Crippen MR) is 89.4 cm³/mol. The Morgan fingerprint density at radius 3 is 2.54 bits per heavy atom. The van der Waals surface area contributed by atoms with Crippen LogP contribution >= 0.6 is 11.6 Å². The monoisotopic (exact) mass is 356 g/mol. The molecule has 0 aromatic heterocycles. The molecule has 0 unspecified atom stereocenters. The van der Waals surface area contributed by atoms with Gasteiger partial charge >= 0.3 is 6.18 Å². The van der Waals surface area contributed by atoms with Gasteiger partial charge in [0.15, 0.2) is 0 Å². The molecule has 0 saturated carbocycles. The van der Waals surface area contributed by atoms with Gasteiger partial charge < -0.3 is 10.6 Å². The van der Waals surface area contributed by atoms with E-state index in [-0.39, 0.29) is 18.7 Å². The van der Waals surface area contributed by atoms with Crippen molar-refractivity contribution < 1.29 is 18.0 Å². The lowest BCUT2D eigenvalue weighted by atomic mass is 10.1. The van der Waals surface area contributed by atoms with Gasteiger partial charge in [-0.3, -0.25) is 4.79 Å². The van der Waals surface area contributed by atoms with Crippen LogP contribution in [0.1, 0.15) is 17.5 Å². The van der Waals surface area contributed by atoms with E-state index >= 15 is 0 Å². The van der Waals surface area contributed by atoms with Crippen molar-refractivity contribution in [3.63, 3.8) is 0 Å². The van der Waals surface area contributed by atoms with E-state index in [0.29, 0.717) is 5.02 Å². The van der Waals surface area contributed by atoms with Gasteiger partial charge in [-0.1, -0.05) is 29.8 Å². The van der Waals surface area contributed by atoms with Crippen molar-refractivity contribution >= 4 is 28.9 Å². The highest BCUT2D eigenvalue weighted by Crippen LogP contribution is 2.34. The minimum atomic E-state index is -4.51. The molecule has 1 amide bonds. The molecule has 0 heterocycles. The van der Waals surface area contributed by atoms with Crippen LogP contribution in [0.15, 0.2) is 42.5 Å². The molecular weight excluding hydrogens is 341 g/mol. The van der Waals surface area contributed by atoms with Gasteiger partial charge in [0.05, 0.1) is 11.3 Å². The fourth-order valence-electron chi connectivity index (χ4n) is 2.15. The number of amides is 1. The third kappa shape index (κ3) is 4.89. The molecular formula is C17H16ClF3N2O. The number of carbonyl (C=O) groups excluding carboxylic acids is 1. The van der Waals surface area contributed by atoms with Gasteiger partial charge in [-0.15, -0.1) is 0 Å². The van der Waals surface area contributed by atoms with Crippen LogP contribution in [0.3, 0.4) is 0 Å². The van der Waals surface area contributed by atoms with Crippen LogP contribution in [-0.4, -0.2) is 12.5 Å². The summed E-state index contributed by atoms with van der Waals surface area (Å²) < 4.78 is 38.6. The molecule has 0 aliphatic rings. The number of hydrogen-bond acceptors (Lipinski definition) is 2. The summed E-state index contributed by atoms with van der Waals surface area (Å²) in [5, 5.41) is 5.91. The highest BCUT2D eigenvalue weighted by Gasteiger charge is 2.33. The minimum Gasteiger partial charge on any atom is -0.384 e. The Labute approximate surface area is 142 Å². The van der Waals surface area contributed by atoms with Gasteiger partial charge in [-0.2, -0.15) is 13.2 Å². The lowest BCUT2D eigenvalue weighted by Crippen LogP contribution is -2.19. The second kappa shape index (κ2) is 7.57. The molecule has 24 heavy (non-hydrogen) atoms. The Morgan fingerprint density at radius 2 is 1.83 bits per heavy atom. The summed E-state index contributed by atoms with van der Waals surface area (Å²) in [6, 6.07) is 10.2. The van der Waals surface area contributed by atoms with Crippen LogP contribution in [-0.2, 0) is 11.0 Å². The molecule has 0 atom stereocenters. The number of rotatable bonds is 5. The third-order valence-corrected chi connectivity index (χ3v) is 3.61. The van der Waals surface area contributed by atoms with Crippen molar-refractivity contribution in [2.75, 3.05) is 17.2 Å². The Kier molecular flexibility index (Phi) is 5.72. The molecule has 0 spiro atoms. The maximum Gasteiger partial charge on any atom is 0.418 e. The van der Waals surface area contributed by atoms with Crippen molar-refractivity contribution in [3.8, 4) is 0 Å². The summed E-state index contributed by atoms with van der Waals surface area (Å²) in [4.78, 5) is 11.9. The molecule has 0 fully saturated rings. The number of nitrogens with one attached hydrogen (secondary N) is 2. The predicted octanol–water partition coefficient (Wildman–Crippen LogP) is 5.11. The van der Waals surface area contributed by atoms with Crippen molar-refractivity contribution in [2.24, 2.45) is 0 Å². The van der Waals surface area contributed by atoms with Gasteiger partial charge in [0, 0.05) is 23.7 Å². The maximum atomic E-state index is 12.9. The lowest BCUT2D eigenvalue weighted by Gasteiger charge is -2.14. The molecule has 0 radical (unpaired) electrons. The molecule has 2 rings (SSSR count). The Bertz CT molecular complexity index is 732. The molecule has 0 aliphatic heterocycles. The van der Waals surface area contributed by atoms with Gasteiger partial charge in [-0.25, -0.2) is 0 Å². The van der Waals surface area contributed by atoms with E-state index in [9.17, 15) is 18.0 Å². The van der Waals surface area contributed by atoms with Crippen LogP contribution in [0.25, 0.3) is 0 Å². The summed E-state index contributed by atoms with van der Waals surface area (Å²) in [5.41, 5.74) is 0.638. The van der Waals surface area contributed by atoms with Crippen LogP contribution in [0.4, 0.5) is 24.5 Å². The Hall–Kier alpha value is -2.21. The van der Waals surface area contributed by atoms with Gasteiger partial charge in [-0.05, 0) is 36.8 Å². The number of hydrogen-bond donors (Lipinski definition) is 2. The third-order valence-electron chi connectivity index (χ3n) is 3.37. The van der Waals surface area contributed by atoms with Crippen LogP contribution < -0.4 is 10.6 Å². The quantitative estimate of drug-likeness (QED) is 0.781. The first-order chi connectivity index (χ1) is 11.3. The maximum absolute atomic E-state index is 12.9. The van der Waals surface area contributed by atoms with Gasteiger partial charge in [0.2, 0.25) is 5.91 Å². The molecule has 2 N–H and O–H groups in total. The average Bonchev–Trinajstić information content (AvgIpc) is 2.50. The summed E-state index contributed by atoms with van der Waals surface area (Å²) >= 11 is 5.90. The van der Waals surface area contributed by atoms with E-state index in [4.69, 9.17) is 11.6 Å². The number of anilines is 2. The van der Waals surface area contributed by atoms with E-state index in [1.165, 1.54) is 18.2 Å². The highest BCUT2D eigenvalue weighted by molar-refractivity contribution is 6.30. The molecule has 2 aromatic rings. The van der Waals surface area contributed by atoms with Gasteiger partial charge in [0.1, 0.15) is 0 Å². The first-order valence-electron chi connectivity index (χ1n) is 7.23. The summed E-state index contributed by atoms with van der Waals surface area (Å²) in [6.45, 7) is 2.17. The Balaban J connectivity index is 1.94. The molecule has 0 aliphatic carbocycles. The minimum absolute atomic E-state index is 0.0259. The lowest BCUT2D eigenvalue weighted by molar-refractivity contribution is -0.137. The zero-order chi connectivity index (χ0) is 17.7. The first-order valence-corrected chi connectivity index (χ1v) is 7.61. The van der Waals surface area contributed by atoms with E-state index in [1.807, 2.05) is 13.0 Å². The average molecular weight is 357 g/mol. The number of halogens is 4. The fraction of sp³-hybridized carbons (Fsp3) is 0.235. The second-order valence-corrected chi connectivity index (χ2v) is 5.66. The zero-order valence-corrected chi connectivity index (χ0v) is 13.6. The van der Waals surface area contributed by atoms with Gasteiger partial charge in [0.25, 0.3) is 0 Å². The van der Waals surface area contributed by atoms with Crippen LogP contribution in [0, 0.1) is 6.92 Å². The number of alkyl halides is 3. The van der Waals surface area contributed by atoms with Crippen LogP contribution in [0.5, 0.6) is 0 Å². The number of benzene rings is 2. The smallest absolute Gasteiger partial charge is 0.384 e. The van der Waals surface area contributed by atoms with E-state index in [1.54, 1.807) is 12.1 Å². The number of aryl methyl sites for hydroxylation is 1. The fourth-order valence-corrected chi connectivity index (χ4v) is 2.32. The van der Waals surface area contributed by atoms with Crippen molar-refractivity contribution in [1.82, 2.24) is 0 Å². The number of para-hydroxylation sites is 1.